The van der Waals surface area contributed by atoms with Crippen LogP contribution in [0.15, 0.2) is 22.8 Å². The number of nitrogens with zero attached hydrogens (tertiary/aromatic N) is 2. The van der Waals surface area contributed by atoms with Gasteiger partial charge in [-0.25, -0.2) is 9.78 Å². The third kappa shape index (κ3) is 1.21. The molecule has 0 aliphatic carbocycles. The van der Waals surface area contributed by atoms with Crippen molar-refractivity contribution in [2.24, 2.45) is 0 Å². The summed E-state index contributed by atoms with van der Waals surface area (Å²) in [4.78, 5) is 14.9. The van der Waals surface area contributed by atoms with E-state index in [0.29, 0.717) is 5.65 Å². The number of hydrogen-bond donors (Lipinski definition) is 1. The zero-order valence-electron chi connectivity index (χ0n) is 7.36. The number of aromatic nitrogens is 2. The van der Waals surface area contributed by atoms with Crippen LogP contribution in [0.25, 0.3) is 5.65 Å². The Morgan fingerprint density at radius 1 is 1.57 bits per heavy atom. The van der Waals surface area contributed by atoms with Gasteiger partial charge in [0.2, 0.25) is 0 Å². The average molecular weight is 255 g/mol. The summed E-state index contributed by atoms with van der Waals surface area (Å²) in [6.07, 6.45) is 1.36. The molecular formula is C9H7BrN2O2. The molecule has 0 spiro atoms. The minimum atomic E-state index is -0.973. The zero-order chi connectivity index (χ0) is 10.3. The molecule has 1 N–H and O–H groups in total. The fourth-order valence-electron chi connectivity index (χ4n) is 1.37. The Morgan fingerprint density at radius 3 is 2.93 bits per heavy atom. The minimum Gasteiger partial charge on any atom is -0.477 e. The van der Waals surface area contributed by atoms with Crippen molar-refractivity contribution < 1.29 is 9.90 Å². The van der Waals surface area contributed by atoms with Gasteiger partial charge in [-0.3, -0.25) is 4.40 Å². The number of imidazole rings is 1. The second-order valence-corrected chi connectivity index (χ2v) is 3.78. The van der Waals surface area contributed by atoms with E-state index in [9.17, 15) is 4.79 Å². The lowest BCUT2D eigenvalue weighted by atomic mass is 10.3. The van der Waals surface area contributed by atoms with Gasteiger partial charge in [0.15, 0.2) is 11.3 Å². The molecule has 0 saturated carbocycles. The van der Waals surface area contributed by atoms with Crippen LogP contribution in [0.3, 0.4) is 0 Å². The summed E-state index contributed by atoms with van der Waals surface area (Å²) in [5.74, 6) is -0.973. The van der Waals surface area contributed by atoms with Crippen LogP contribution in [0, 0.1) is 6.92 Å². The first-order chi connectivity index (χ1) is 6.61. The molecule has 5 heteroatoms. The van der Waals surface area contributed by atoms with E-state index in [1.807, 2.05) is 19.1 Å². The topological polar surface area (TPSA) is 54.6 Å². The first-order valence-electron chi connectivity index (χ1n) is 3.97. The molecular weight excluding hydrogens is 248 g/mol. The lowest BCUT2D eigenvalue weighted by Gasteiger charge is -2.02. The van der Waals surface area contributed by atoms with E-state index in [4.69, 9.17) is 5.11 Å². The summed E-state index contributed by atoms with van der Waals surface area (Å²) in [5.41, 5.74) is 1.65. The Hall–Kier alpha value is -1.36. The molecule has 14 heavy (non-hydrogen) atoms. The monoisotopic (exact) mass is 254 g/mol. The standard InChI is InChI=1S/C9H7BrN2O2/c1-5-2-3-6(10)8-11-4-7(9(13)14)12(5)8/h2-4H,1H3,(H,13,14). The molecule has 0 saturated heterocycles. The summed E-state index contributed by atoms with van der Waals surface area (Å²) in [5, 5.41) is 8.91. The Morgan fingerprint density at radius 2 is 2.29 bits per heavy atom. The van der Waals surface area contributed by atoms with Crippen molar-refractivity contribution in [3.8, 4) is 0 Å². The van der Waals surface area contributed by atoms with E-state index >= 15 is 0 Å². The number of hydrogen-bond acceptors (Lipinski definition) is 2. The maximum Gasteiger partial charge on any atom is 0.354 e. The highest BCUT2D eigenvalue weighted by Gasteiger charge is 2.13. The predicted molar refractivity (Wildman–Crippen MR) is 54.6 cm³/mol. The predicted octanol–water partition coefficient (Wildman–Crippen LogP) is 2.10. The molecule has 0 unspecified atom stereocenters. The van der Waals surface area contributed by atoms with Crippen LogP contribution in [0.5, 0.6) is 0 Å². The third-order valence-electron chi connectivity index (χ3n) is 2.02. The minimum absolute atomic E-state index is 0.179. The third-order valence-corrected chi connectivity index (χ3v) is 2.64. The smallest absolute Gasteiger partial charge is 0.354 e. The fraction of sp³-hybridized carbons (Fsp3) is 0.111. The lowest BCUT2D eigenvalue weighted by Crippen LogP contribution is -2.03. The fourth-order valence-corrected chi connectivity index (χ4v) is 1.78. The normalized spacial score (nSPS) is 10.7. The maximum atomic E-state index is 10.9. The number of halogens is 1. The van der Waals surface area contributed by atoms with Gasteiger partial charge in [-0.15, -0.1) is 0 Å². The lowest BCUT2D eigenvalue weighted by molar-refractivity contribution is 0.0689. The van der Waals surface area contributed by atoms with Crippen molar-refractivity contribution in [3.63, 3.8) is 0 Å². The molecule has 0 amide bonds. The number of carboxylic acids is 1. The van der Waals surface area contributed by atoms with E-state index in [1.54, 1.807) is 4.40 Å². The van der Waals surface area contributed by atoms with Gasteiger partial charge in [-0.2, -0.15) is 0 Å². The Balaban J connectivity index is 2.90. The molecule has 4 nitrogen and oxygen atoms in total. The van der Waals surface area contributed by atoms with Gasteiger partial charge < -0.3 is 5.11 Å². The van der Waals surface area contributed by atoms with E-state index in [1.165, 1.54) is 6.20 Å². The van der Waals surface area contributed by atoms with Crippen molar-refractivity contribution in [2.45, 2.75) is 6.92 Å². The zero-order valence-corrected chi connectivity index (χ0v) is 8.95. The Bertz CT molecular complexity index is 519. The van der Waals surface area contributed by atoms with Gasteiger partial charge >= 0.3 is 5.97 Å². The molecule has 2 aromatic rings. The van der Waals surface area contributed by atoms with Crippen LogP contribution >= 0.6 is 15.9 Å². The van der Waals surface area contributed by atoms with Crippen LogP contribution in [0.4, 0.5) is 0 Å². The summed E-state index contributed by atoms with van der Waals surface area (Å²) in [6.45, 7) is 1.84. The number of fused-ring (bicyclic) bond motifs is 1. The number of aryl methyl sites for hydroxylation is 1. The van der Waals surface area contributed by atoms with Crippen LogP contribution in [0.1, 0.15) is 16.2 Å². The van der Waals surface area contributed by atoms with Crippen molar-refractivity contribution in [3.05, 3.63) is 34.2 Å². The molecule has 0 aliphatic rings. The van der Waals surface area contributed by atoms with E-state index < -0.39 is 5.97 Å². The summed E-state index contributed by atoms with van der Waals surface area (Å²) >= 11 is 3.32. The van der Waals surface area contributed by atoms with Gasteiger partial charge in [0, 0.05) is 5.69 Å². The van der Waals surface area contributed by atoms with Crippen molar-refractivity contribution in [1.82, 2.24) is 9.38 Å². The summed E-state index contributed by atoms with van der Waals surface area (Å²) < 4.78 is 2.39. The van der Waals surface area contributed by atoms with E-state index in [2.05, 4.69) is 20.9 Å². The SMILES string of the molecule is Cc1ccc(Br)c2ncc(C(=O)O)n12. The van der Waals surface area contributed by atoms with Crippen molar-refractivity contribution in [2.75, 3.05) is 0 Å². The largest absolute Gasteiger partial charge is 0.477 e. The van der Waals surface area contributed by atoms with Crippen LogP contribution < -0.4 is 0 Å². The number of pyridine rings is 1. The Kier molecular flexibility index (Phi) is 2.03. The highest BCUT2D eigenvalue weighted by atomic mass is 79.9. The number of rotatable bonds is 1. The molecule has 2 aromatic heterocycles. The maximum absolute atomic E-state index is 10.9. The highest BCUT2D eigenvalue weighted by molar-refractivity contribution is 9.10. The second kappa shape index (κ2) is 3.09. The number of aromatic carboxylic acids is 1. The summed E-state index contributed by atoms with van der Waals surface area (Å²) in [6, 6.07) is 3.69. The van der Waals surface area contributed by atoms with E-state index in [0.717, 1.165) is 10.2 Å². The highest BCUT2D eigenvalue weighted by Crippen LogP contribution is 2.19. The first kappa shape index (κ1) is 9.21. The molecule has 2 rings (SSSR count). The van der Waals surface area contributed by atoms with Crippen molar-refractivity contribution >= 4 is 27.5 Å². The molecule has 0 atom stereocenters. The summed E-state index contributed by atoms with van der Waals surface area (Å²) in [7, 11) is 0. The van der Waals surface area contributed by atoms with Crippen LogP contribution in [-0.4, -0.2) is 20.5 Å². The van der Waals surface area contributed by atoms with Gasteiger partial charge in [0.1, 0.15) is 0 Å². The molecule has 2 heterocycles. The first-order valence-corrected chi connectivity index (χ1v) is 4.76. The van der Waals surface area contributed by atoms with Gasteiger partial charge in [0.05, 0.1) is 10.7 Å². The average Bonchev–Trinajstić information content (AvgIpc) is 2.56. The quantitative estimate of drug-likeness (QED) is 0.848. The van der Waals surface area contributed by atoms with Gasteiger partial charge in [0.25, 0.3) is 0 Å². The molecule has 0 aromatic carbocycles. The Labute approximate surface area is 88.3 Å². The van der Waals surface area contributed by atoms with Crippen LogP contribution in [0.2, 0.25) is 0 Å². The number of carboxylic acid groups (broad SMARTS) is 1. The van der Waals surface area contributed by atoms with Gasteiger partial charge in [-0.05, 0) is 35.0 Å². The molecule has 0 fully saturated rings. The van der Waals surface area contributed by atoms with E-state index in [-0.39, 0.29) is 5.69 Å². The second-order valence-electron chi connectivity index (χ2n) is 2.93. The number of carbonyl (C=O) groups is 1. The molecule has 0 aliphatic heterocycles. The van der Waals surface area contributed by atoms with Crippen molar-refractivity contribution in [1.29, 1.82) is 0 Å². The molecule has 0 radical (unpaired) electrons. The van der Waals surface area contributed by atoms with Crippen LogP contribution in [-0.2, 0) is 0 Å². The molecule has 72 valence electrons. The van der Waals surface area contributed by atoms with Gasteiger partial charge in [-0.1, -0.05) is 0 Å². The molecule has 0 bridgehead atoms.